The summed E-state index contributed by atoms with van der Waals surface area (Å²) in [7, 11) is -3.68. The molecule has 0 aliphatic carbocycles. The van der Waals surface area contributed by atoms with E-state index in [0.717, 1.165) is 18.2 Å². The molecular formula is C13H12ClF3O5S. The fourth-order valence-electron chi connectivity index (χ4n) is 2.19. The molecule has 0 spiro atoms. The van der Waals surface area contributed by atoms with Crippen LogP contribution in [0.1, 0.15) is 12.0 Å². The zero-order valence-corrected chi connectivity index (χ0v) is 13.2. The molecule has 1 atom stereocenters. The minimum Gasteiger partial charge on any atom is -0.465 e. The van der Waals surface area contributed by atoms with Crippen LogP contribution in [-0.4, -0.2) is 33.1 Å². The number of benzene rings is 1. The van der Waals surface area contributed by atoms with Crippen LogP contribution >= 0.6 is 11.6 Å². The second-order valence-electron chi connectivity index (χ2n) is 5.11. The molecule has 0 aromatic heterocycles. The van der Waals surface area contributed by atoms with Crippen molar-refractivity contribution in [1.29, 1.82) is 0 Å². The molecule has 2 rings (SSSR count). The summed E-state index contributed by atoms with van der Waals surface area (Å²) in [4.78, 5) is 11.0. The van der Waals surface area contributed by atoms with Gasteiger partial charge in [0.1, 0.15) is 5.75 Å². The van der Waals surface area contributed by atoms with E-state index in [1.54, 1.807) is 0 Å². The zero-order valence-electron chi connectivity index (χ0n) is 11.6. The lowest BCUT2D eigenvalue weighted by Gasteiger charge is -2.12. The van der Waals surface area contributed by atoms with E-state index in [9.17, 15) is 26.4 Å². The Bertz CT molecular complexity index is 702. The molecule has 1 fully saturated rings. The van der Waals surface area contributed by atoms with Crippen molar-refractivity contribution in [2.75, 3.05) is 12.4 Å². The number of rotatable bonds is 5. The van der Waals surface area contributed by atoms with Gasteiger partial charge in [-0.1, -0.05) is 11.6 Å². The SMILES string of the molecule is O=C1CC(CS(=O)(=O)Cc2cc(OC(F)(F)F)ccc2Cl)CO1. The molecule has 1 unspecified atom stereocenters. The third-order valence-corrected chi connectivity index (χ3v) is 5.15. The minimum atomic E-state index is -4.88. The number of alkyl halides is 3. The number of ether oxygens (including phenoxy) is 2. The van der Waals surface area contributed by atoms with E-state index < -0.39 is 39.6 Å². The Balaban J connectivity index is 2.11. The maximum Gasteiger partial charge on any atom is 0.573 e. The van der Waals surface area contributed by atoms with Crippen molar-refractivity contribution in [3.05, 3.63) is 28.8 Å². The monoisotopic (exact) mass is 372 g/mol. The van der Waals surface area contributed by atoms with Crippen LogP contribution in [0, 0.1) is 5.92 Å². The summed E-state index contributed by atoms with van der Waals surface area (Å²) in [6, 6.07) is 3.06. The first-order valence-electron chi connectivity index (χ1n) is 6.44. The number of sulfone groups is 1. The summed E-state index contributed by atoms with van der Waals surface area (Å²) in [6.45, 7) is 0.0169. The van der Waals surface area contributed by atoms with Gasteiger partial charge in [0.15, 0.2) is 9.84 Å². The second kappa shape index (κ2) is 6.56. The highest BCUT2D eigenvalue weighted by Gasteiger charge is 2.32. The standard InChI is InChI=1S/C13H12ClF3O5S/c14-11-2-1-10(22-13(15,16)17)4-9(11)7-23(19,20)6-8-3-12(18)21-5-8/h1-2,4,8H,3,5-7H2. The first-order chi connectivity index (χ1) is 10.5. The normalized spacial score (nSPS) is 18.8. The second-order valence-corrected chi connectivity index (χ2v) is 7.63. The molecule has 5 nitrogen and oxygen atoms in total. The van der Waals surface area contributed by atoms with Crippen LogP contribution in [-0.2, 0) is 25.1 Å². The molecule has 1 saturated heterocycles. The average molecular weight is 373 g/mol. The number of esters is 1. The summed E-state index contributed by atoms with van der Waals surface area (Å²) in [5.41, 5.74) is -0.00124. The Morgan fingerprint density at radius 1 is 1.35 bits per heavy atom. The molecule has 0 saturated carbocycles. The van der Waals surface area contributed by atoms with Crippen molar-refractivity contribution in [3.63, 3.8) is 0 Å². The van der Waals surface area contributed by atoms with Crippen LogP contribution in [0.15, 0.2) is 18.2 Å². The van der Waals surface area contributed by atoms with E-state index in [4.69, 9.17) is 11.6 Å². The average Bonchev–Trinajstić information content (AvgIpc) is 2.76. The highest BCUT2D eigenvalue weighted by Crippen LogP contribution is 2.29. The van der Waals surface area contributed by atoms with Gasteiger partial charge in [-0.3, -0.25) is 4.79 Å². The van der Waals surface area contributed by atoms with E-state index in [-0.39, 0.29) is 29.4 Å². The Kier molecular flexibility index (Phi) is 5.10. The Labute approximate surface area is 135 Å². The van der Waals surface area contributed by atoms with E-state index >= 15 is 0 Å². The predicted octanol–water partition coefficient (Wildman–Crippen LogP) is 2.72. The fraction of sp³-hybridized carbons (Fsp3) is 0.462. The van der Waals surface area contributed by atoms with Gasteiger partial charge in [0, 0.05) is 10.9 Å². The van der Waals surface area contributed by atoms with E-state index in [2.05, 4.69) is 9.47 Å². The number of carbonyl (C=O) groups is 1. The molecule has 0 radical (unpaired) electrons. The van der Waals surface area contributed by atoms with Gasteiger partial charge >= 0.3 is 12.3 Å². The summed E-state index contributed by atoms with van der Waals surface area (Å²) < 4.78 is 69.3. The lowest BCUT2D eigenvalue weighted by Crippen LogP contribution is -2.19. The van der Waals surface area contributed by atoms with Crippen LogP contribution in [0.5, 0.6) is 5.75 Å². The van der Waals surface area contributed by atoms with Crippen LogP contribution < -0.4 is 4.74 Å². The van der Waals surface area contributed by atoms with E-state index in [1.165, 1.54) is 0 Å². The molecule has 1 aromatic rings. The van der Waals surface area contributed by atoms with Crippen LogP contribution in [0.2, 0.25) is 5.02 Å². The van der Waals surface area contributed by atoms with Gasteiger partial charge in [-0.2, -0.15) is 0 Å². The molecular weight excluding hydrogens is 361 g/mol. The number of carbonyl (C=O) groups excluding carboxylic acids is 1. The van der Waals surface area contributed by atoms with E-state index in [0.29, 0.717) is 0 Å². The van der Waals surface area contributed by atoms with Gasteiger partial charge in [-0.15, -0.1) is 13.2 Å². The molecule has 1 aliphatic heterocycles. The quantitative estimate of drug-likeness (QED) is 0.743. The van der Waals surface area contributed by atoms with Crippen molar-refractivity contribution in [2.45, 2.75) is 18.5 Å². The number of cyclic esters (lactones) is 1. The lowest BCUT2D eigenvalue weighted by atomic mass is 10.2. The zero-order chi connectivity index (χ0) is 17.3. The summed E-state index contributed by atoms with van der Waals surface area (Å²) >= 11 is 5.83. The maximum atomic E-state index is 12.2. The van der Waals surface area contributed by atoms with Crippen molar-refractivity contribution in [1.82, 2.24) is 0 Å². The summed E-state index contributed by atoms with van der Waals surface area (Å²) in [5, 5.41) is 0.0156. The fourth-order valence-corrected chi connectivity index (χ4v) is 4.21. The largest absolute Gasteiger partial charge is 0.573 e. The van der Waals surface area contributed by atoms with E-state index in [1.807, 2.05) is 0 Å². The van der Waals surface area contributed by atoms with Gasteiger partial charge in [-0.25, -0.2) is 8.42 Å². The van der Waals surface area contributed by atoms with Crippen molar-refractivity contribution >= 4 is 27.4 Å². The third kappa shape index (κ3) is 5.58. The Morgan fingerprint density at radius 2 is 2.04 bits per heavy atom. The summed E-state index contributed by atoms with van der Waals surface area (Å²) in [5.74, 6) is -2.33. The predicted molar refractivity (Wildman–Crippen MR) is 74.7 cm³/mol. The Hall–Kier alpha value is -1.48. The van der Waals surface area contributed by atoms with Gasteiger partial charge in [0.25, 0.3) is 0 Å². The molecule has 0 amide bonds. The van der Waals surface area contributed by atoms with Crippen LogP contribution in [0.3, 0.4) is 0 Å². The number of hydrogen-bond donors (Lipinski definition) is 0. The van der Waals surface area contributed by atoms with Crippen LogP contribution in [0.4, 0.5) is 13.2 Å². The van der Waals surface area contributed by atoms with Crippen molar-refractivity contribution in [3.8, 4) is 5.75 Å². The smallest absolute Gasteiger partial charge is 0.465 e. The maximum absolute atomic E-state index is 12.2. The number of halogens is 4. The molecule has 128 valence electrons. The van der Waals surface area contributed by atoms with Gasteiger partial charge in [0.2, 0.25) is 0 Å². The van der Waals surface area contributed by atoms with Gasteiger partial charge in [0.05, 0.1) is 24.5 Å². The molecule has 0 bridgehead atoms. The molecule has 1 aromatic carbocycles. The molecule has 23 heavy (non-hydrogen) atoms. The lowest BCUT2D eigenvalue weighted by molar-refractivity contribution is -0.274. The Morgan fingerprint density at radius 3 is 2.61 bits per heavy atom. The van der Waals surface area contributed by atoms with Crippen molar-refractivity contribution < 1.29 is 35.9 Å². The summed E-state index contributed by atoms with van der Waals surface area (Å²) in [6.07, 6.45) is -4.88. The third-order valence-electron chi connectivity index (χ3n) is 3.05. The highest BCUT2D eigenvalue weighted by atomic mass is 35.5. The number of hydrogen-bond acceptors (Lipinski definition) is 5. The van der Waals surface area contributed by atoms with Gasteiger partial charge in [-0.05, 0) is 23.8 Å². The molecule has 1 heterocycles. The first kappa shape index (κ1) is 17.9. The first-order valence-corrected chi connectivity index (χ1v) is 8.64. The van der Waals surface area contributed by atoms with Crippen molar-refractivity contribution in [2.24, 2.45) is 5.92 Å². The van der Waals surface area contributed by atoms with Crippen LogP contribution in [0.25, 0.3) is 0 Å². The molecule has 0 N–H and O–H groups in total. The highest BCUT2D eigenvalue weighted by molar-refractivity contribution is 7.90. The topological polar surface area (TPSA) is 69.7 Å². The molecule has 10 heteroatoms. The minimum absolute atomic E-state index is 0.00124. The molecule has 1 aliphatic rings. The van der Waals surface area contributed by atoms with Gasteiger partial charge < -0.3 is 9.47 Å².